The fourth-order valence-corrected chi connectivity index (χ4v) is 3.71. The molecular formula is C26H32F2N4O2. The fourth-order valence-electron chi connectivity index (χ4n) is 3.71. The van der Waals surface area contributed by atoms with E-state index < -0.39 is 6.61 Å². The molecule has 34 heavy (non-hydrogen) atoms. The van der Waals surface area contributed by atoms with E-state index in [1.807, 2.05) is 58.0 Å². The second-order valence-electron chi connectivity index (χ2n) is 7.43. The second-order valence-corrected chi connectivity index (χ2v) is 7.43. The van der Waals surface area contributed by atoms with Crippen molar-refractivity contribution in [3.8, 4) is 23.3 Å². The second kappa shape index (κ2) is 12.8. The molecule has 1 unspecified atom stereocenters. The molecule has 1 heterocycles. The van der Waals surface area contributed by atoms with Crippen LogP contribution in [0.2, 0.25) is 0 Å². The summed E-state index contributed by atoms with van der Waals surface area (Å²) in [7, 11) is 3.84. The number of fused-ring (bicyclic) bond motifs is 1. The van der Waals surface area contributed by atoms with Gasteiger partial charge >= 0.3 is 6.61 Å². The zero-order chi connectivity index (χ0) is 25.3. The van der Waals surface area contributed by atoms with Gasteiger partial charge in [0.25, 0.3) is 0 Å². The lowest BCUT2D eigenvalue weighted by atomic mass is 10.1. The zero-order valence-electron chi connectivity index (χ0n) is 20.3. The van der Waals surface area contributed by atoms with Gasteiger partial charge in [0.2, 0.25) is 0 Å². The van der Waals surface area contributed by atoms with E-state index in [2.05, 4.69) is 11.8 Å². The molecule has 0 radical (unpaired) electrons. The van der Waals surface area contributed by atoms with Crippen LogP contribution in [0, 0.1) is 11.8 Å². The van der Waals surface area contributed by atoms with E-state index in [-0.39, 0.29) is 23.0 Å². The minimum atomic E-state index is -3.04. The highest BCUT2D eigenvalue weighted by molar-refractivity contribution is 5.87. The van der Waals surface area contributed by atoms with E-state index in [9.17, 15) is 13.6 Å². The number of benzene rings is 2. The van der Waals surface area contributed by atoms with Crippen LogP contribution in [0.15, 0.2) is 36.4 Å². The molecule has 6 nitrogen and oxygen atoms in total. The van der Waals surface area contributed by atoms with Gasteiger partial charge in [-0.05, 0) is 50.8 Å². The molecule has 182 valence electrons. The first-order valence-electron chi connectivity index (χ1n) is 11.3. The SMILES string of the molecule is CC.CCC(c1nc2ccc(C#CCCN)cc2n1-c1c(C=O)cccc1OC(F)F)N(C)C. The largest absolute Gasteiger partial charge is 0.433 e. The van der Waals surface area contributed by atoms with Gasteiger partial charge in [-0.2, -0.15) is 8.78 Å². The van der Waals surface area contributed by atoms with Gasteiger partial charge in [-0.25, -0.2) is 4.98 Å². The van der Waals surface area contributed by atoms with E-state index >= 15 is 0 Å². The molecule has 1 atom stereocenters. The summed E-state index contributed by atoms with van der Waals surface area (Å²) in [5, 5.41) is 0. The first kappa shape index (κ1) is 27.0. The normalized spacial score (nSPS) is 11.6. The number of rotatable bonds is 8. The van der Waals surface area contributed by atoms with Crippen LogP contribution in [0.25, 0.3) is 16.7 Å². The Hall–Kier alpha value is -3.28. The lowest BCUT2D eigenvalue weighted by molar-refractivity contribution is -0.0498. The van der Waals surface area contributed by atoms with Crippen molar-refractivity contribution < 1.29 is 18.3 Å². The van der Waals surface area contributed by atoms with E-state index in [1.165, 1.54) is 12.1 Å². The molecule has 3 aromatic rings. The summed E-state index contributed by atoms with van der Waals surface area (Å²) in [6.45, 7) is 3.43. The summed E-state index contributed by atoms with van der Waals surface area (Å²) in [6, 6.07) is 9.90. The minimum Gasteiger partial charge on any atom is -0.433 e. The molecule has 0 saturated heterocycles. The van der Waals surface area contributed by atoms with Gasteiger partial charge in [0.15, 0.2) is 12.0 Å². The molecular weight excluding hydrogens is 438 g/mol. The number of aromatic nitrogens is 2. The Morgan fingerprint density at radius 2 is 1.97 bits per heavy atom. The molecule has 0 amide bonds. The average molecular weight is 471 g/mol. The fraction of sp³-hybridized carbons (Fsp3) is 0.385. The Labute approximate surface area is 199 Å². The number of hydrogen-bond acceptors (Lipinski definition) is 5. The van der Waals surface area contributed by atoms with Crippen molar-refractivity contribution in [2.24, 2.45) is 5.73 Å². The van der Waals surface area contributed by atoms with Gasteiger partial charge in [0, 0.05) is 24.1 Å². The summed E-state index contributed by atoms with van der Waals surface area (Å²) in [6.07, 6.45) is 1.90. The van der Waals surface area contributed by atoms with Crippen molar-refractivity contribution in [1.82, 2.24) is 14.5 Å². The first-order valence-corrected chi connectivity index (χ1v) is 11.3. The first-order chi connectivity index (χ1) is 16.4. The maximum Gasteiger partial charge on any atom is 0.387 e. The quantitative estimate of drug-likeness (QED) is 0.363. The predicted molar refractivity (Wildman–Crippen MR) is 132 cm³/mol. The van der Waals surface area contributed by atoms with Crippen molar-refractivity contribution in [2.75, 3.05) is 20.6 Å². The molecule has 2 N–H and O–H groups in total. The third-order valence-electron chi connectivity index (χ3n) is 5.09. The Bertz CT molecular complexity index is 1160. The molecule has 3 rings (SSSR count). The van der Waals surface area contributed by atoms with Crippen molar-refractivity contribution in [2.45, 2.75) is 46.3 Å². The van der Waals surface area contributed by atoms with Crippen molar-refractivity contribution in [1.29, 1.82) is 0 Å². The number of imidazole rings is 1. The third-order valence-corrected chi connectivity index (χ3v) is 5.09. The molecule has 0 spiro atoms. The van der Waals surface area contributed by atoms with Gasteiger partial charge in [-0.1, -0.05) is 38.7 Å². The molecule has 0 aliphatic heterocycles. The standard InChI is InChI=1S/C24H26F2N4O2.C2H6/c1-4-19(29(2)3)23-28-18-12-11-16(8-5-6-13-27)14-20(18)30(23)22-17(15-31)9-7-10-21(22)32-24(25)26;1-2/h7,9-12,14-15,19,24H,4,6,13,27H2,1-3H3;1-2H3. The van der Waals surface area contributed by atoms with E-state index in [1.54, 1.807) is 10.6 Å². The molecule has 0 saturated carbocycles. The molecule has 0 fully saturated rings. The van der Waals surface area contributed by atoms with E-state index in [4.69, 9.17) is 15.5 Å². The summed E-state index contributed by atoms with van der Waals surface area (Å²) in [4.78, 5) is 18.7. The van der Waals surface area contributed by atoms with Crippen LogP contribution in [-0.2, 0) is 0 Å². The number of carbonyl (C=O) groups excluding carboxylic acids is 1. The molecule has 8 heteroatoms. The maximum absolute atomic E-state index is 13.2. The van der Waals surface area contributed by atoms with Crippen LogP contribution in [0.1, 0.15) is 61.4 Å². The van der Waals surface area contributed by atoms with Crippen LogP contribution in [0.3, 0.4) is 0 Å². The number of hydrogen-bond donors (Lipinski definition) is 1. The summed E-state index contributed by atoms with van der Waals surface area (Å²) in [5.74, 6) is 6.59. The number of aldehydes is 1. The number of alkyl halides is 2. The van der Waals surface area contributed by atoms with Crippen molar-refractivity contribution in [3.63, 3.8) is 0 Å². The predicted octanol–water partition coefficient (Wildman–Crippen LogP) is 5.18. The highest BCUT2D eigenvalue weighted by Crippen LogP contribution is 2.35. The highest BCUT2D eigenvalue weighted by Gasteiger charge is 2.26. The smallest absolute Gasteiger partial charge is 0.387 e. The van der Waals surface area contributed by atoms with Crippen LogP contribution in [-0.4, -0.2) is 48.0 Å². The number of halogens is 2. The summed E-state index contributed by atoms with van der Waals surface area (Å²) >= 11 is 0. The van der Waals surface area contributed by atoms with Crippen LogP contribution < -0.4 is 10.5 Å². The Morgan fingerprint density at radius 1 is 1.24 bits per heavy atom. The number of carbonyl (C=O) groups is 1. The Morgan fingerprint density at radius 3 is 2.56 bits per heavy atom. The highest BCUT2D eigenvalue weighted by atomic mass is 19.3. The zero-order valence-corrected chi connectivity index (χ0v) is 20.3. The number of para-hydroxylation sites is 1. The molecule has 1 aromatic heterocycles. The number of ether oxygens (including phenoxy) is 1. The van der Waals surface area contributed by atoms with E-state index in [0.29, 0.717) is 42.5 Å². The summed E-state index contributed by atoms with van der Waals surface area (Å²) < 4.78 is 33.0. The van der Waals surface area contributed by atoms with Gasteiger partial charge in [0.05, 0.1) is 17.1 Å². The Balaban J connectivity index is 0.00000199. The van der Waals surface area contributed by atoms with Crippen molar-refractivity contribution in [3.05, 3.63) is 53.3 Å². The number of nitrogens with zero attached hydrogens (tertiary/aromatic N) is 3. The van der Waals surface area contributed by atoms with E-state index in [0.717, 1.165) is 5.56 Å². The van der Waals surface area contributed by atoms with Crippen LogP contribution >= 0.6 is 0 Å². The molecule has 0 aliphatic rings. The number of nitrogens with two attached hydrogens (primary N) is 1. The minimum absolute atomic E-state index is 0.0987. The lowest BCUT2D eigenvalue weighted by Crippen LogP contribution is -2.23. The molecule has 0 aliphatic carbocycles. The van der Waals surface area contributed by atoms with Gasteiger partial charge < -0.3 is 10.5 Å². The maximum atomic E-state index is 13.2. The molecule has 0 bridgehead atoms. The van der Waals surface area contributed by atoms with Crippen LogP contribution in [0.4, 0.5) is 8.78 Å². The monoisotopic (exact) mass is 470 g/mol. The van der Waals surface area contributed by atoms with Gasteiger partial charge in [-0.3, -0.25) is 14.3 Å². The summed E-state index contributed by atoms with van der Waals surface area (Å²) in [5.41, 5.74) is 8.01. The average Bonchev–Trinajstić information content (AvgIpc) is 3.18. The Kier molecular flexibility index (Phi) is 10.2. The lowest BCUT2D eigenvalue weighted by Gasteiger charge is -2.25. The topological polar surface area (TPSA) is 73.4 Å². The van der Waals surface area contributed by atoms with Gasteiger partial charge in [-0.15, -0.1) is 0 Å². The van der Waals surface area contributed by atoms with Crippen molar-refractivity contribution >= 4 is 17.3 Å². The van der Waals surface area contributed by atoms with Gasteiger partial charge in [0.1, 0.15) is 11.5 Å². The molecule has 2 aromatic carbocycles. The van der Waals surface area contributed by atoms with Crippen LogP contribution in [0.5, 0.6) is 5.75 Å². The third kappa shape index (κ3) is 5.99.